The molecule has 1 fully saturated rings. The lowest BCUT2D eigenvalue weighted by atomic mass is 9.72. The first-order chi connectivity index (χ1) is 15.5. The lowest BCUT2D eigenvalue weighted by Gasteiger charge is -2.33. The summed E-state index contributed by atoms with van der Waals surface area (Å²) in [6.45, 7) is 6.69. The second-order valence-electron chi connectivity index (χ2n) is 9.93. The van der Waals surface area contributed by atoms with Crippen molar-refractivity contribution in [3.05, 3.63) is 46.2 Å². The van der Waals surface area contributed by atoms with E-state index in [0.717, 1.165) is 29.7 Å². The number of amides is 2. The molecule has 178 valence electrons. The second-order valence-corrected chi connectivity index (χ2v) is 13.3. The number of nitrogens with one attached hydrogen (secondary N) is 2. The van der Waals surface area contributed by atoms with Crippen LogP contribution in [-0.4, -0.2) is 37.8 Å². The number of anilines is 1. The van der Waals surface area contributed by atoms with Crippen LogP contribution >= 0.6 is 11.3 Å². The van der Waals surface area contributed by atoms with Gasteiger partial charge in [-0.1, -0.05) is 20.8 Å². The normalized spacial score (nSPS) is 22.3. The van der Waals surface area contributed by atoms with Crippen LogP contribution in [0.2, 0.25) is 0 Å². The monoisotopic (exact) mass is 490 g/mol. The van der Waals surface area contributed by atoms with Crippen molar-refractivity contribution in [1.82, 2.24) is 5.32 Å². The molecule has 7 nitrogen and oxygen atoms in total. The van der Waals surface area contributed by atoms with Crippen LogP contribution in [0.25, 0.3) is 6.08 Å². The third-order valence-corrected chi connectivity index (χ3v) is 9.40. The topological polar surface area (TPSA) is 105 Å². The molecule has 2 aromatic heterocycles. The van der Waals surface area contributed by atoms with Gasteiger partial charge in [-0.15, -0.1) is 11.3 Å². The number of carbonyl (C=O) groups excluding carboxylic acids is 2. The highest BCUT2D eigenvalue weighted by Gasteiger charge is 2.35. The van der Waals surface area contributed by atoms with Gasteiger partial charge in [0.05, 0.1) is 23.3 Å². The van der Waals surface area contributed by atoms with Crippen LogP contribution < -0.4 is 10.6 Å². The van der Waals surface area contributed by atoms with Crippen molar-refractivity contribution in [2.45, 2.75) is 52.5 Å². The smallest absolute Gasteiger partial charge is 0.254 e. The van der Waals surface area contributed by atoms with Crippen LogP contribution in [0.4, 0.5) is 5.00 Å². The van der Waals surface area contributed by atoms with E-state index in [1.807, 2.05) is 0 Å². The Morgan fingerprint density at radius 3 is 2.67 bits per heavy atom. The van der Waals surface area contributed by atoms with Crippen LogP contribution in [-0.2, 0) is 27.5 Å². The predicted octanol–water partition coefficient (Wildman–Crippen LogP) is 4.06. The average molecular weight is 491 g/mol. The average Bonchev–Trinajstić information content (AvgIpc) is 3.43. The van der Waals surface area contributed by atoms with Gasteiger partial charge in [-0.25, -0.2) is 8.42 Å². The SMILES string of the molecule is CC(C)(C)[C@H]1CCc2c(sc(NC(=O)/C=C/c3ccco3)c2C(=O)N[C@@H]2CCS(=O)(=O)C2)C1. The molecule has 2 amide bonds. The van der Waals surface area contributed by atoms with Crippen LogP contribution in [0, 0.1) is 11.3 Å². The molecule has 0 spiro atoms. The maximum absolute atomic E-state index is 13.3. The van der Waals surface area contributed by atoms with Gasteiger partial charge in [0.2, 0.25) is 5.91 Å². The van der Waals surface area contributed by atoms with Crippen molar-refractivity contribution in [3.63, 3.8) is 0 Å². The summed E-state index contributed by atoms with van der Waals surface area (Å²) in [7, 11) is -3.11. The molecule has 0 unspecified atom stereocenters. The van der Waals surface area contributed by atoms with Crippen molar-refractivity contribution >= 4 is 44.1 Å². The molecule has 9 heteroatoms. The molecule has 3 heterocycles. The Morgan fingerprint density at radius 1 is 1.24 bits per heavy atom. The van der Waals surface area contributed by atoms with Crippen molar-refractivity contribution in [2.75, 3.05) is 16.8 Å². The molecule has 2 atom stereocenters. The Bertz CT molecular complexity index is 1170. The minimum atomic E-state index is -3.11. The third kappa shape index (κ3) is 5.58. The maximum atomic E-state index is 13.3. The van der Waals surface area contributed by atoms with E-state index in [4.69, 9.17) is 4.42 Å². The van der Waals surface area contributed by atoms with Crippen LogP contribution in [0.1, 0.15) is 60.2 Å². The molecule has 0 aromatic carbocycles. The van der Waals surface area contributed by atoms with Gasteiger partial charge in [-0.3, -0.25) is 9.59 Å². The Balaban J connectivity index is 1.59. The van der Waals surface area contributed by atoms with Gasteiger partial charge in [0.1, 0.15) is 10.8 Å². The van der Waals surface area contributed by atoms with E-state index in [0.29, 0.717) is 28.7 Å². The zero-order valence-electron chi connectivity index (χ0n) is 19.1. The van der Waals surface area contributed by atoms with Crippen molar-refractivity contribution in [3.8, 4) is 0 Å². The summed E-state index contributed by atoms with van der Waals surface area (Å²) in [5.74, 6) is 0.439. The van der Waals surface area contributed by atoms with Gasteiger partial charge in [0.15, 0.2) is 9.84 Å². The van der Waals surface area contributed by atoms with Gasteiger partial charge in [-0.05, 0) is 60.8 Å². The lowest BCUT2D eigenvalue weighted by Crippen LogP contribution is -2.36. The first-order valence-corrected chi connectivity index (χ1v) is 13.8. The van der Waals surface area contributed by atoms with E-state index in [2.05, 4.69) is 31.4 Å². The molecule has 0 radical (unpaired) electrons. The zero-order chi connectivity index (χ0) is 23.8. The molecule has 33 heavy (non-hydrogen) atoms. The summed E-state index contributed by atoms with van der Waals surface area (Å²) in [5.41, 5.74) is 1.60. The highest BCUT2D eigenvalue weighted by atomic mass is 32.2. The molecule has 4 rings (SSSR count). The first kappa shape index (κ1) is 23.8. The number of furan rings is 1. The molecular weight excluding hydrogens is 460 g/mol. The van der Waals surface area contributed by atoms with E-state index in [9.17, 15) is 18.0 Å². The lowest BCUT2D eigenvalue weighted by molar-refractivity contribution is -0.111. The third-order valence-electron chi connectivity index (χ3n) is 6.46. The molecule has 2 N–H and O–H groups in total. The predicted molar refractivity (Wildman–Crippen MR) is 130 cm³/mol. The molecule has 1 aliphatic heterocycles. The van der Waals surface area contributed by atoms with Crippen molar-refractivity contribution in [2.24, 2.45) is 11.3 Å². The quantitative estimate of drug-likeness (QED) is 0.615. The van der Waals surface area contributed by atoms with E-state index < -0.39 is 15.9 Å². The van der Waals surface area contributed by atoms with Crippen LogP contribution in [0.3, 0.4) is 0 Å². The summed E-state index contributed by atoms with van der Waals surface area (Å²) in [4.78, 5) is 27.0. The molecule has 0 bridgehead atoms. The van der Waals surface area contributed by atoms with E-state index in [1.54, 1.807) is 18.2 Å². The Hall–Kier alpha value is -2.39. The molecule has 1 saturated heterocycles. The Morgan fingerprint density at radius 2 is 2.03 bits per heavy atom. The standard InChI is InChI=1S/C24H30N2O5S2/c1-24(2,3)15-6-8-18-19(13-15)32-23(26-20(27)9-7-17-5-4-11-31-17)21(18)22(28)25-16-10-12-33(29,30)14-16/h4-5,7,9,11,15-16H,6,8,10,12-14H2,1-3H3,(H,25,28)(H,26,27)/b9-7+/t15-,16+/m0/s1. The summed E-state index contributed by atoms with van der Waals surface area (Å²) in [5, 5.41) is 6.29. The van der Waals surface area contributed by atoms with Gasteiger partial charge in [-0.2, -0.15) is 0 Å². The van der Waals surface area contributed by atoms with Crippen molar-refractivity contribution in [1.29, 1.82) is 0 Å². The van der Waals surface area contributed by atoms with Crippen LogP contribution in [0.5, 0.6) is 0 Å². The van der Waals surface area contributed by atoms with Crippen LogP contribution in [0.15, 0.2) is 28.9 Å². The number of fused-ring (bicyclic) bond motifs is 1. The molecule has 2 aliphatic rings. The molecular formula is C24H30N2O5S2. The van der Waals surface area contributed by atoms with Gasteiger partial charge < -0.3 is 15.1 Å². The Labute approximate surface area is 198 Å². The zero-order valence-corrected chi connectivity index (χ0v) is 20.8. The highest BCUT2D eigenvalue weighted by Crippen LogP contribution is 2.44. The Kier molecular flexibility index (Phi) is 6.55. The van der Waals surface area contributed by atoms with E-state index >= 15 is 0 Å². The molecule has 2 aromatic rings. The van der Waals surface area contributed by atoms with Gasteiger partial charge >= 0.3 is 0 Å². The van der Waals surface area contributed by atoms with Gasteiger partial charge in [0, 0.05) is 17.0 Å². The fourth-order valence-electron chi connectivity index (χ4n) is 4.52. The van der Waals surface area contributed by atoms with E-state index in [-0.39, 0.29) is 28.7 Å². The first-order valence-electron chi connectivity index (χ1n) is 11.2. The number of rotatable bonds is 5. The summed E-state index contributed by atoms with van der Waals surface area (Å²) >= 11 is 1.45. The minimum Gasteiger partial charge on any atom is -0.465 e. The second kappa shape index (κ2) is 9.10. The molecule has 0 saturated carbocycles. The highest BCUT2D eigenvalue weighted by molar-refractivity contribution is 7.91. The number of hydrogen-bond acceptors (Lipinski definition) is 6. The molecule has 1 aliphatic carbocycles. The minimum absolute atomic E-state index is 0.0370. The summed E-state index contributed by atoms with van der Waals surface area (Å²) in [6.07, 6.45) is 7.49. The van der Waals surface area contributed by atoms with Gasteiger partial charge in [0.25, 0.3) is 5.91 Å². The number of sulfone groups is 1. The fraction of sp³-hybridized carbons (Fsp3) is 0.500. The summed E-state index contributed by atoms with van der Waals surface area (Å²) < 4.78 is 28.9. The summed E-state index contributed by atoms with van der Waals surface area (Å²) in [6, 6.07) is 3.09. The largest absolute Gasteiger partial charge is 0.465 e. The fourth-order valence-corrected chi connectivity index (χ4v) is 7.52. The number of thiophene rings is 1. The maximum Gasteiger partial charge on any atom is 0.254 e. The van der Waals surface area contributed by atoms with E-state index in [1.165, 1.54) is 23.7 Å². The number of hydrogen-bond donors (Lipinski definition) is 2. The number of carbonyl (C=O) groups is 2. The van der Waals surface area contributed by atoms with Crippen molar-refractivity contribution < 1.29 is 22.4 Å².